The second-order valence-electron chi connectivity index (χ2n) is 3.54. The number of likely N-dealkylation sites (N-methyl/N-ethyl adjacent to an activating group) is 1. The Hall–Kier alpha value is -0.580. The molecule has 0 aliphatic carbocycles. The van der Waals surface area contributed by atoms with Crippen LogP contribution < -0.4 is 5.32 Å². The molecule has 1 amide bonds. The van der Waals surface area contributed by atoms with Gasteiger partial charge in [-0.25, -0.2) is 0 Å². The normalized spacial score (nSPS) is 12.5. The van der Waals surface area contributed by atoms with Crippen LogP contribution in [0.4, 0.5) is 0 Å². The Balaban J connectivity index is 2.40. The molecule has 0 radical (unpaired) electrons. The fourth-order valence-corrected chi connectivity index (χ4v) is 2.21. The van der Waals surface area contributed by atoms with E-state index in [4.69, 9.17) is 11.6 Å². The number of rotatable bonds is 4. The second-order valence-corrected chi connectivity index (χ2v) is 5.34. The van der Waals surface area contributed by atoms with E-state index in [1.165, 1.54) is 11.3 Å². The van der Waals surface area contributed by atoms with Crippen molar-refractivity contribution in [2.45, 2.75) is 19.5 Å². The van der Waals surface area contributed by atoms with E-state index in [0.717, 1.165) is 9.21 Å². The van der Waals surface area contributed by atoms with E-state index in [-0.39, 0.29) is 11.9 Å². The van der Waals surface area contributed by atoms with Crippen LogP contribution in [0.2, 0.25) is 4.34 Å². The summed E-state index contributed by atoms with van der Waals surface area (Å²) in [7, 11) is 3.51. The molecule has 1 heterocycles. The molecule has 0 aliphatic rings. The summed E-state index contributed by atoms with van der Waals surface area (Å²) in [5, 5.41) is 3.15. The van der Waals surface area contributed by atoms with Gasteiger partial charge in [-0.15, -0.1) is 11.3 Å². The lowest BCUT2D eigenvalue weighted by atomic mass is 10.3. The molecule has 5 heteroatoms. The Bertz CT molecular complexity index is 338. The Morgan fingerprint density at radius 1 is 1.60 bits per heavy atom. The van der Waals surface area contributed by atoms with E-state index in [1.54, 1.807) is 19.0 Å². The fraction of sp³-hybridized carbons (Fsp3) is 0.500. The van der Waals surface area contributed by atoms with E-state index in [2.05, 4.69) is 5.32 Å². The molecule has 0 saturated carbocycles. The predicted molar refractivity (Wildman–Crippen MR) is 64.3 cm³/mol. The van der Waals surface area contributed by atoms with Gasteiger partial charge in [-0.2, -0.15) is 0 Å². The quantitative estimate of drug-likeness (QED) is 0.881. The molecule has 3 nitrogen and oxygen atoms in total. The van der Waals surface area contributed by atoms with Crippen molar-refractivity contribution in [2.75, 3.05) is 14.1 Å². The van der Waals surface area contributed by atoms with Crippen molar-refractivity contribution in [3.05, 3.63) is 21.3 Å². The van der Waals surface area contributed by atoms with Crippen molar-refractivity contribution in [1.82, 2.24) is 10.2 Å². The van der Waals surface area contributed by atoms with E-state index >= 15 is 0 Å². The van der Waals surface area contributed by atoms with Gasteiger partial charge in [0.15, 0.2) is 0 Å². The van der Waals surface area contributed by atoms with E-state index in [1.807, 2.05) is 19.1 Å². The van der Waals surface area contributed by atoms with Crippen LogP contribution in [0, 0.1) is 0 Å². The lowest BCUT2D eigenvalue weighted by Crippen LogP contribution is -2.40. The highest BCUT2D eigenvalue weighted by molar-refractivity contribution is 7.16. The molecule has 0 aliphatic heterocycles. The van der Waals surface area contributed by atoms with Gasteiger partial charge in [0.25, 0.3) is 0 Å². The van der Waals surface area contributed by atoms with E-state index < -0.39 is 0 Å². The molecule has 0 fully saturated rings. The van der Waals surface area contributed by atoms with Crippen molar-refractivity contribution in [2.24, 2.45) is 0 Å². The minimum atomic E-state index is -0.166. The maximum atomic E-state index is 11.5. The molecule has 0 saturated heterocycles. The molecule has 1 N–H and O–H groups in total. The van der Waals surface area contributed by atoms with Crippen molar-refractivity contribution >= 4 is 28.8 Å². The molecular weight excluding hydrogens is 232 g/mol. The van der Waals surface area contributed by atoms with Gasteiger partial charge in [-0.1, -0.05) is 11.6 Å². The summed E-state index contributed by atoms with van der Waals surface area (Å²) in [5.41, 5.74) is 0. The van der Waals surface area contributed by atoms with Crippen LogP contribution in [0.5, 0.6) is 0 Å². The molecule has 0 bridgehead atoms. The summed E-state index contributed by atoms with van der Waals surface area (Å²) in [4.78, 5) is 14.2. The second kappa shape index (κ2) is 5.49. The number of nitrogens with zero attached hydrogens (tertiary/aromatic N) is 1. The first-order valence-corrected chi connectivity index (χ1v) is 5.89. The first-order valence-electron chi connectivity index (χ1n) is 4.69. The number of nitrogens with one attached hydrogen (secondary N) is 1. The highest BCUT2D eigenvalue weighted by atomic mass is 35.5. The third-order valence-corrected chi connectivity index (χ3v) is 3.25. The molecular formula is C10H15ClN2OS. The van der Waals surface area contributed by atoms with Crippen LogP contribution >= 0.6 is 22.9 Å². The molecule has 15 heavy (non-hydrogen) atoms. The van der Waals surface area contributed by atoms with Crippen molar-refractivity contribution in [3.63, 3.8) is 0 Å². The summed E-state index contributed by atoms with van der Waals surface area (Å²) < 4.78 is 0.776. The number of thiophene rings is 1. The zero-order valence-electron chi connectivity index (χ0n) is 9.08. The van der Waals surface area contributed by atoms with Crippen LogP contribution in [0.15, 0.2) is 12.1 Å². The number of carbonyl (C=O) groups is 1. The first kappa shape index (κ1) is 12.5. The maximum Gasteiger partial charge on any atom is 0.238 e. The van der Waals surface area contributed by atoms with Gasteiger partial charge in [-0.3, -0.25) is 4.79 Å². The van der Waals surface area contributed by atoms with Gasteiger partial charge >= 0.3 is 0 Å². The summed E-state index contributed by atoms with van der Waals surface area (Å²) >= 11 is 7.33. The Morgan fingerprint density at radius 3 is 2.73 bits per heavy atom. The molecule has 1 rings (SSSR count). The van der Waals surface area contributed by atoms with Crippen molar-refractivity contribution < 1.29 is 4.79 Å². The third-order valence-electron chi connectivity index (χ3n) is 2.02. The van der Waals surface area contributed by atoms with Gasteiger partial charge in [0.1, 0.15) is 0 Å². The maximum absolute atomic E-state index is 11.5. The number of halogens is 1. The molecule has 1 unspecified atom stereocenters. The summed E-state index contributed by atoms with van der Waals surface area (Å²) in [6.45, 7) is 2.54. The Labute approximate surface area is 99.0 Å². The monoisotopic (exact) mass is 246 g/mol. The molecule has 1 atom stereocenters. The summed E-state index contributed by atoms with van der Waals surface area (Å²) in [5.74, 6) is 0.0812. The van der Waals surface area contributed by atoms with Crippen molar-refractivity contribution in [1.29, 1.82) is 0 Å². The number of carbonyl (C=O) groups excluding carboxylic acids is 1. The van der Waals surface area contributed by atoms with Crippen molar-refractivity contribution in [3.8, 4) is 0 Å². The Morgan fingerprint density at radius 2 is 2.27 bits per heavy atom. The zero-order chi connectivity index (χ0) is 11.4. The highest BCUT2D eigenvalue weighted by Gasteiger charge is 2.13. The van der Waals surface area contributed by atoms with Gasteiger partial charge in [0, 0.05) is 25.5 Å². The van der Waals surface area contributed by atoms with Gasteiger partial charge < -0.3 is 10.2 Å². The summed E-state index contributed by atoms with van der Waals surface area (Å²) in [6.07, 6.45) is 0. The molecule has 0 aromatic carbocycles. The van der Waals surface area contributed by atoms with Crippen LogP contribution in [-0.4, -0.2) is 30.9 Å². The summed E-state index contributed by atoms with van der Waals surface area (Å²) in [6, 6.07) is 3.66. The van der Waals surface area contributed by atoms with Crippen LogP contribution in [-0.2, 0) is 11.3 Å². The minimum absolute atomic E-state index is 0.0812. The van der Waals surface area contributed by atoms with E-state index in [9.17, 15) is 4.79 Å². The fourth-order valence-electron chi connectivity index (χ4n) is 1.18. The number of hydrogen-bond acceptors (Lipinski definition) is 3. The van der Waals surface area contributed by atoms with Crippen LogP contribution in [0.1, 0.15) is 11.8 Å². The predicted octanol–water partition coefficient (Wildman–Crippen LogP) is 1.97. The van der Waals surface area contributed by atoms with Gasteiger partial charge in [0.05, 0.1) is 10.4 Å². The highest BCUT2D eigenvalue weighted by Crippen LogP contribution is 2.21. The standard InChI is InChI=1S/C10H15ClN2OS/c1-7(10(14)13(2)3)12-6-8-4-5-9(11)15-8/h4-5,7,12H,6H2,1-3H3. The average molecular weight is 247 g/mol. The van der Waals surface area contributed by atoms with Crippen LogP contribution in [0.25, 0.3) is 0 Å². The largest absolute Gasteiger partial charge is 0.347 e. The van der Waals surface area contributed by atoms with Gasteiger partial charge in [0.2, 0.25) is 5.91 Å². The number of amides is 1. The molecule has 0 spiro atoms. The SMILES string of the molecule is CC(NCc1ccc(Cl)s1)C(=O)N(C)C. The minimum Gasteiger partial charge on any atom is -0.347 e. The van der Waals surface area contributed by atoms with Crippen LogP contribution in [0.3, 0.4) is 0 Å². The first-order chi connectivity index (χ1) is 7.00. The molecule has 84 valence electrons. The third kappa shape index (κ3) is 3.81. The number of hydrogen-bond donors (Lipinski definition) is 1. The van der Waals surface area contributed by atoms with Gasteiger partial charge in [-0.05, 0) is 19.1 Å². The Kier molecular flexibility index (Phi) is 4.57. The topological polar surface area (TPSA) is 32.3 Å². The average Bonchev–Trinajstić information content (AvgIpc) is 2.59. The lowest BCUT2D eigenvalue weighted by molar-refractivity contribution is -0.130. The molecule has 1 aromatic heterocycles. The zero-order valence-corrected chi connectivity index (χ0v) is 10.7. The lowest BCUT2D eigenvalue weighted by Gasteiger charge is -2.17. The smallest absolute Gasteiger partial charge is 0.238 e. The van der Waals surface area contributed by atoms with E-state index in [0.29, 0.717) is 6.54 Å². The molecule has 1 aromatic rings.